The van der Waals surface area contributed by atoms with E-state index in [1.807, 2.05) is 0 Å². The lowest BCUT2D eigenvalue weighted by molar-refractivity contribution is 0.397. The molecule has 0 aromatic heterocycles. The van der Waals surface area contributed by atoms with Crippen LogP contribution in [0.1, 0.15) is 278 Å². The second-order valence-corrected chi connectivity index (χ2v) is 28.3. The average molecular weight is 1210 g/mol. The molecule has 2 aliphatic rings. The maximum Gasteiger partial charge on any atom is 0.0465 e. The van der Waals surface area contributed by atoms with Gasteiger partial charge in [-0.05, 0) is 199 Å². The van der Waals surface area contributed by atoms with Crippen LogP contribution in [0, 0.1) is 20.8 Å². The molecule has 0 heterocycles. The number of nitrogens with zero attached hydrogens (tertiary/aromatic N) is 2. The van der Waals surface area contributed by atoms with Crippen molar-refractivity contribution < 1.29 is 0 Å². The molecule has 0 spiro atoms. The van der Waals surface area contributed by atoms with Crippen LogP contribution in [0.5, 0.6) is 0 Å². The summed E-state index contributed by atoms with van der Waals surface area (Å²) in [7, 11) is 0. The highest BCUT2D eigenvalue weighted by Gasteiger charge is 2.45. The number of anilines is 6. The van der Waals surface area contributed by atoms with E-state index in [-0.39, 0.29) is 10.8 Å². The Kier molecular flexibility index (Phi) is 24.2. The highest BCUT2D eigenvalue weighted by molar-refractivity contribution is 5.90. The molecule has 2 nitrogen and oxygen atoms in total. The predicted octanol–water partition coefficient (Wildman–Crippen LogP) is 28.3. The lowest BCUT2D eigenvalue weighted by Gasteiger charge is -2.35. The van der Waals surface area contributed by atoms with Crippen molar-refractivity contribution in [2.24, 2.45) is 0 Å². The molecule has 0 amide bonds. The van der Waals surface area contributed by atoms with Crippen LogP contribution in [0.2, 0.25) is 0 Å². The molecule has 480 valence electrons. The second kappa shape index (κ2) is 32.8. The molecule has 0 N–H and O–H groups in total. The van der Waals surface area contributed by atoms with E-state index in [4.69, 9.17) is 0 Å². The van der Waals surface area contributed by atoms with Gasteiger partial charge in [0.1, 0.15) is 0 Å². The van der Waals surface area contributed by atoms with Crippen LogP contribution in [0.4, 0.5) is 34.1 Å². The van der Waals surface area contributed by atoms with Crippen LogP contribution < -0.4 is 9.80 Å². The molecular weight excluding hydrogens is 1100 g/mol. The highest BCUT2D eigenvalue weighted by Crippen LogP contribution is 2.59. The zero-order chi connectivity index (χ0) is 63.6. The van der Waals surface area contributed by atoms with E-state index >= 15 is 0 Å². The number of rotatable bonds is 37. The smallest absolute Gasteiger partial charge is 0.0465 e. The summed E-state index contributed by atoms with van der Waals surface area (Å²) in [6.45, 7) is 20.8. The summed E-state index contributed by atoms with van der Waals surface area (Å²) < 4.78 is 0. The molecule has 8 aromatic carbocycles. The first-order valence-corrected chi connectivity index (χ1v) is 37.1. The summed E-state index contributed by atoms with van der Waals surface area (Å²) >= 11 is 0. The van der Waals surface area contributed by atoms with Gasteiger partial charge in [-0.25, -0.2) is 0 Å². The van der Waals surface area contributed by atoms with Crippen molar-refractivity contribution in [2.45, 2.75) is 265 Å². The Labute approximate surface area is 553 Å². The molecule has 0 radical (unpaired) electrons. The first-order chi connectivity index (χ1) is 44.6. The third-order valence-corrected chi connectivity index (χ3v) is 21.6. The number of hydrogen-bond donors (Lipinski definition) is 0. The molecule has 0 aliphatic heterocycles. The average Bonchev–Trinajstić information content (AvgIpc) is 1.60. The number of unbranched alkanes of at least 4 members (excludes halogenated alkanes) is 20. The van der Waals surface area contributed by atoms with Gasteiger partial charge in [0.2, 0.25) is 0 Å². The molecule has 1 unspecified atom stereocenters. The van der Waals surface area contributed by atoms with Crippen molar-refractivity contribution in [2.75, 3.05) is 9.80 Å². The van der Waals surface area contributed by atoms with Gasteiger partial charge in [0, 0.05) is 45.0 Å². The maximum atomic E-state index is 2.68. The maximum absolute atomic E-state index is 2.68. The monoisotopic (exact) mass is 1210 g/mol. The minimum absolute atomic E-state index is 0.0253. The van der Waals surface area contributed by atoms with Crippen molar-refractivity contribution in [1.82, 2.24) is 0 Å². The molecule has 8 aromatic rings. The van der Waals surface area contributed by atoms with Crippen LogP contribution >= 0.6 is 0 Å². The fraction of sp³-hybridized carbons (Fsp3) is 0.461. The molecule has 10 rings (SSSR count). The van der Waals surface area contributed by atoms with E-state index in [0.29, 0.717) is 5.92 Å². The van der Waals surface area contributed by atoms with Crippen molar-refractivity contribution in [3.63, 3.8) is 0 Å². The predicted molar refractivity (Wildman–Crippen MR) is 399 cm³/mol. The largest absolute Gasteiger partial charge is 0.310 e. The molecule has 2 aliphatic carbocycles. The molecule has 0 bridgehead atoms. The summed E-state index contributed by atoms with van der Waals surface area (Å²) in [5.74, 6) is 0.549. The Bertz CT molecular complexity index is 3450. The lowest BCUT2D eigenvalue weighted by Crippen LogP contribution is -2.26. The van der Waals surface area contributed by atoms with Crippen LogP contribution in [0.15, 0.2) is 170 Å². The van der Waals surface area contributed by atoms with Crippen LogP contribution in [0.25, 0.3) is 33.4 Å². The van der Waals surface area contributed by atoms with E-state index in [9.17, 15) is 0 Å². The van der Waals surface area contributed by atoms with Gasteiger partial charge in [-0.1, -0.05) is 303 Å². The number of fused-ring (bicyclic) bond motifs is 6. The number of aryl methyl sites for hydroxylation is 3. The van der Waals surface area contributed by atoms with E-state index in [2.05, 4.69) is 242 Å². The zero-order valence-electron chi connectivity index (χ0n) is 58.1. The standard InChI is InChI=1S/C89H114N2/c1-10-15-19-23-27-31-59-88(60-32-28-24-20-16-11-2)84-63-72(70(9)14-5)43-55-80(84)81-56-44-73(64-85(81)88)71-41-51-77(52-42-71)91(76-49-39-69(8)40-50-76)79-54-58-83-82-57-53-78(90(74-45-35-67(6)36-46-74)75-47-37-68(7)38-48-75)65-86(82)89(87(83)66-79,61-33-29-25-21-17-12-3)62-34-30-26-22-18-13-4/h35-58,63-66,70H,10-34,59-62H2,1-9H3. The first-order valence-electron chi connectivity index (χ1n) is 37.1. The van der Waals surface area contributed by atoms with Crippen molar-refractivity contribution >= 4 is 34.1 Å². The minimum atomic E-state index is -0.135. The fourth-order valence-electron chi connectivity index (χ4n) is 15.9. The third kappa shape index (κ3) is 15.7. The van der Waals surface area contributed by atoms with Crippen LogP contribution in [-0.4, -0.2) is 0 Å². The molecule has 0 fully saturated rings. The van der Waals surface area contributed by atoms with Gasteiger partial charge in [-0.15, -0.1) is 0 Å². The van der Waals surface area contributed by atoms with Crippen LogP contribution in [0.3, 0.4) is 0 Å². The molecule has 91 heavy (non-hydrogen) atoms. The van der Waals surface area contributed by atoms with Gasteiger partial charge in [-0.3, -0.25) is 0 Å². The fourth-order valence-corrected chi connectivity index (χ4v) is 15.9. The molecule has 2 heteroatoms. The number of hydrogen-bond acceptors (Lipinski definition) is 2. The highest BCUT2D eigenvalue weighted by atomic mass is 15.1. The summed E-state index contributed by atoms with van der Waals surface area (Å²) in [6.07, 6.45) is 37.3. The van der Waals surface area contributed by atoms with Gasteiger partial charge in [-0.2, -0.15) is 0 Å². The summed E-state index contributed by atoms with van der Waals surface area (Å²) in [5, 5.41) is 0. The van der Waals surface area contributed by atoms with E-state index in [0.717, 1.165) is 12.8 Å². The second-order valence-electron chi connectivity index (χ2n) is 28.3. The Balaban J connectivity index is 1.06. The summed E-state index contributed by atoms with van der Waals surface area (Å²) in [6, 6.07) is 67.8. The van der Waals surface area contributed by atoms with Gasteiger partial charge < -0.3 is 9.80 Å². The van der Waals surface area contributed by atoms with Crippen molar-refractivity contribution in [3.8, 4) is 33.4 Å². The van der Waals surface area contributed by atoms with Gasteiger partial charge >= 0.3 is 0 Å². The third-order valence-electron chi connectivity index (χ3n) is 21.6. The molecule has 0 saturated heterocycles. The SMILES string of the molecule is CCCCCCCCC1(CCCCCCCC)c2cc(-c3ccc(N(c4ccc(C)cc4)c4ccc5c(c4)C(CCCCCCCC)(CCCCCCCC)c4cc(N(c6ccc(C)cc6)c6ccc(C)cc6)ccc4-5)cc3)ccc2-c2ccc(C(C)CC)cc21. The first kappa shape index (κ1) is 67.3. The van der Waals surface area contributed by atoms with Gasteiger partial charge in [0.25, 0.3) is 0 Å². The van der Waals surface area contributed by atoms with E-state index < -0.39 is 0 Å². The molecule has 1 atom stereocenters. The van der Waals surface area contributed by atoms with Crippen LogP contribution in [-0.2, 0) is 10.8 Å². The lowest BCUT2D eigenvalue weighted by atomic mass is 9.69. The quantitative estimate of drug-likeness (QED) is 0.0358. The van der Waals surface area contributed by atoms with Gasteiger partial charge in [0.15, 0.2) is 0 Å². The number of benzene rings is 8. The van der Waals surface area contributed by atoms with Crippen molar-refractivity contribution in [3.05, 3.63) is 214 Å². The Morgan fingerprint density at radius 1 is 0.275 bits per heavy atom. The Morgan fingerprint density at radius 2 is 0.549 bits per heavy atom. The normalized spacial score (nSPS) is 13.6. The topological polar surface area (TPSA) is 6.48 Å². The Hall–Kier alpha value is -6.64. The minimum Gasteiger partial charge on any atom is -0.310 e. The molecule has 0 saturated carbocycles. The Morgan fingerprint density at radius 3 is 0.901 bits per heavy atom. The zero-order valence-corrected chi connectivity index (χ0v) is 58.1. The van der Waals surface area contributed by atoms with E-state index in [1.54, 1.807) is 11.1 Å². The summed E-state index contributed by atoms with van der Waals surface area (Å²) in [4.78, 5) is 5.07. The van der Waals surface area contributed by atoms with Crippen molar-refractivity contribution in [1.29, 1.82) is 0 Å². The summed E-state index contributed by atoms with van der Waals surface area (Å²) in [5.41, 5.74) is 27.2. The molecular formula is C89H114N2. The van der Waals surface area contributed by atoms with E-state index in [1.165, 1.54) is 274 Å². The van der Waals surface area contributed by atoms with Gasteiger partial charge in [0.05, 0.1) is 0 Å².